The van der Waals surface area contributed by atoms with Crippen LogP contribution in [-0.4, -0.2) is 46.7 Å². The first kappa shape index (κ1) is 22.9. The third kappa shape index (κ3) is 7.94. The Morgan fingerprint density at radius 2 is 1.89 bits per heavy atom. The molecule has 27 heavy (non-hydrogen) atoms. The van der Waals surface area contributed by atoms with Crippen molar-refractivity contribution in [3.8, 4) is 0 Å². The first-order chi connectivity index (χ1) is 12.5. The Morgan fingerprint density at radius 1 is 1.22 bits per heavy atom. The van der Waals surface area contributed by atoms with E-state index < -0.39 is 21.1 Å². The van der Waals surface area contributed by atoms with Crippen molar-refractivity contribution in [2.24, 2.45) is 10.4 Å². The van der Waals surface area contributed by atoms with Crippen LogP contribution in [0.3, 0.4) is 0 Å². The largest absolute Gasteiger partial charge is 0.359 e. The number of sulfone groups is 1. The molecule has 0 unspecified atom stereocenters. The van der Waals surface area contributed by atoms with Crippen molar-refractivity contribution in [3.05, 3.63) is 35.1 Å². The van der Waals surface area contributed by atoms with E-state index >= 15 is 0 Å². The van der Waals surface area contributed by atoms with E-state index in [1.54, 1.807) is 20.9 Å². The van der Waals surface area contributed by atoms with Crippen LogP contribution in [0, 0.1) is 11.2 Å². The van der Waals surface area contributed by atoms with E-state index in [0.717, 1.165) is 6.26 Å². The van der Waals surface area contributed by atoms with Crippen LogP contribution in [0.25, 0.3) is 0 Å². The molecule has 1 amide bonds. The van der Waals surface area contributed by atoms with Gasteiger partial charge in [-0.1, -0.05) is 6.07 Å². The highest BCUT2D eigenvalue weighted by atomic mass is 32.2. The molecule has 0 heterocycles. The number of rotatable bonds is 8. The SMILES string of the molecule is CCNC(=NCc1cc(F)ccc1CS(C)(=O)=O)NCC(C)(C)C(=O)NC. The van der Waals surface area contributed by atoms with Crippen LogP contribution < -0.4 is 16.0 Å². The van der Waals surface area contributed by atoms with Gasteiger partial charge in [-0.25, -0.2) is 17.8 Å². The number of halogens is 1. The summed E-state index contributed by atoms with van der Waals surface area (Å²) in [5.74, 6) is -0.266. The summed E-state index contributed by atoms with van der Waals surface area (Å²) in [6.07, 6.45) is 1.13. The molecule has 1 aromatic carbocycles. The maximum Gasteiger partial charge on any atom is 0.227 e. The van der Waals surface area contributed by atoms with Crippen molar-refractivity contribution in [2.75, 3.05) is 26.4 Å². The van der Waals surface area contributed by atoms with E-state index in [4.69, 9.17) is 0 Å². The van der Waals surface area contributed by atoms with Gasteiger partial charge in [-0.15, -0.1) is 0 Å². The Hall–Kier alpha value is -2.16. The van der Waals surface area contributed by atoms with Gasteiger partial charge in [0.05, 0.1) is 17.7 Å². The fraction of sp³-hybridized carbons (Fsp3) is 0.556. The van der Waals surface area contributed by atoms with E-state index in [9.17, 15) is 17.6 Å². The molecule has 0 aromatic heterocycles. The molecule has 7 nitrogen and oxygen atoms in total. The van der Waals surface area contributed by atoms with Gasteiger partial charge >= 0.3 is 0 Å². The van der Waals surface area contributed by atoms with E-state index in [1.807, 2.05) is 6.92 Å². The van der Waals surface area contributed by atoms with Gasteiger partial charge < -0.3 is 16.0 Å². The highest BCUT2D eigenvalue weighted by Crippen LogP contribution is 2.16. The van der Waals surface area contributed by atoms with Crippen LogP contribution in [0.5, 0.6) is 0 Å². The molecule has 0 saturated carbocycles. The van der Waals surface area contributed by atoms with Gasteiger partial charge in [0.1, 0.15) is 5.82 Å². The lowest BCUT2D eigenvalue weighted by atomic mass is 9.92. The number of carbonyl (C=O) groups excluding carboxylic acids is 1. The molecule has 0 atom stereocenters. The Labute approximate surface area is 160 Å². The fourth-order valence-electron chi connectivity index (χ4n) is 2.39. The second kappa shape index (κ2) is 9.68. The number of nitrogens with one attached hydrogen (secondary N) is 3. The van der Waals surface area contributed by atoms with Crippen LogP contribution in [0.4, 0.5) is 4.39 Å². The summed E-state index contributed by atoms with van der Waals surface area (Å²) in [6.45, 7) is 6.57. The lowest BCUT2D eigenvalue weighted by Crippen LogP contribution is -2.47. The van der Waals surface area contributed by atoms with Gasteiger partial charge in [0, 0.05) is 26.4 Å². The minimum atomic E-state index is -3.25. The average molecular weight is 401 g/mol. The van der Waals surface area contributed by atoms with Gasteiger partial charge in [-0.05, 0) is 44.0 Å². The third-order valence-electron chi connectivity index (χ3n) is 3.88. The Balaban J connectivity index is 2.98. The van der Waals surface area contributed by atoms with Crippen molar-refractivity contribution >= 4 is 21.7 Å². The zero-order valence-corrected chi connectivity index (χ0v) is 17.3. The molecule has 0 aliphatic heterocycles. The summed E-state index contributed by atoms with van der Waals surface area (Å²) in [6, 6.07) is 4.00. The molecule has 0 spiro atoms. The summed E-state index contributed by atoms with van der Waals surface area (Å²) in [4.78, 5) is 16.3. The number of benzene rings is 1. The first-order valence-corrected chi connectivity index (χ1v) is 10.7. The van der Waals surface area contributed by atoms with Crippen molar-refractivity contribution in [1.29, 1.82) is 0 Å². The molecule has 0 radical (unpaired) electrons. The monoisotopic (exact) mass is 400 g/mol. The molecule has 0 aliphatic carbocycles. The van der Waals surface area contributed by atoms with E-state index in [0.29, 0.717) is 30.2 Å². The number of hydrogen-bond donors (Lipinski definition) is 3. The number of nitrogens with zero attached hydrogens (tertiary/aromatic N) is 1. The molecule has 9 heteroatoms. The van der Waals surface area contributed by atoms with Gasteiger partial charge in [-0.3, -0.25) is 4.79 Å². The molecule has 0 aliphatic rings. The summed E-state index contributed by atoms with van der Waals surface area (Å²) >= 11 is 0. The normalized spacial score (nSPS) is 12.6. The Bertz CT molecular complexity index is 792. The molecule has 0 fully saturated rings. The number of amides is 1. The summed E-state index contributed by atoms with van der Waals surface area (Å²) in [7, 11) is -1.67. The molecule has 3 N–H and O–H groups in total. The summed E-state index contributed by atoms with van der Waals surface area (Å²) in [5.41, 5.74) is 0.373. The molecular formula is C18H29FN4O3S. The topological polar surface area (TPSA) is 99.7 Å². The number of hydrogen-bond acceptors (Lipinski definition) is 4. The number of guanidine groups is 1. The second-order valence-corrected chi connectivity index (χ2v) is 9.14. The Kier molecular flexibility index (Phi) is 8.20. The molecule has 1 aromatic rings. The zero-order valence-electron chi connectivity index (χ0n) is 16.5. The van der Waals surface area contributed by atoms with E-state index in [2.05, 4.69) is 20.9 Å². The first-order valence-electron chi connectivity index (χ1n) is 8.68. The fourth-order valence-corrected chi connectivity index (χ4v) is 3.24. The van der Waals surface area contributed by atoms with Crippen molar-refractivity contribution < 1.29 is 17.6 Å². The van der Waals surface area contributed by atoms with Crippen LogP contribution in [0.15, 0.2) is 23.2 Å². The van der Waals surface area contributed by atoms with Crippen LogP contribution in [0.1, 0.15) is 31.9 Å². The zero-order chi connectivity index (χ0) is 20.7. The average Bonchev–Trinajstić information content (AvgIpc) is 2.57. The van der Waals surface area contributed by atoms with Gasteiger partial charge in [0.15, 0.2) is 15.8 Å². The summed E-state index contributed by atoms with van der Waals surface area (Å²) < 4.78 is 36.8. The second-order valence-electron chi connectivity index (χ2n) is 6.99. The predicted molar refractivity (Wildman–Crippen MR) is 106 cm³/mol. The van der Waals surface area contributed by atoms with Gasteiger partial charge in [0.25, 0.3) is 0 Å². The van der Waals surface area contributed by atoms with Crippen molar-refractivity contribution in [2.45, 2.75) is 33.1 Å². The van der Waals surface area contributed by atoms with Crippen molar-refractivity contribution in [1.82, 2.24) is 16.0 Å². The molecular weight excluding hydrogens is 371 g/mol. The van der Waals surface area contributed by atoms with Crippen LogP contribution >= 0.6 is 0 Å². The van der Waals surface area contributed by atoms with Gasteiger partial charge in [0.2, 0.25) is 5.91 Å². The molecule has 1 rings (SSSR count). The highest BCUT2D eigenvalue weighted by Gasteiger charge is 2.26. The lowest BCUT2D eigenvalue weighted by molar-refractivity contribution is -0.128. The lowest BCUT2D eigenvalue weighted by Gasteiger charge is -2.24. The summed E-state index contributed by atoms with van der Waals surface area (Å²) in [5, 5.41) is 8.77. The minimum absolute atomic E-state index is 0.105. The number of aliphatic imine (C=N–C) groups is 1. The smallest absolute Gasteiger partial charge is 0.227 e. The minimum Gasteiger partial charge on any atom is -0.359 e. The molecule has 152 valence electrons. The maximum absolute atomic E-state index is 13.6. The predicted octanol–water partition coefficient (Wildman–Crippen LogP) is 1.20. The van der Waals surface area contributed by atoms with E-state index in [1.165, 1.54) is 18.2 Å². The maximum atomic E-state index is 13.6. The highest BCUT2D eigenvalue weighted by molar-refractivity contribution is 7.89. The quantitative estimate of drug-likeness (QED) is 0.450. The van der Waals surface area contributed by atoms with Crippen LogP contribution in [0.2, 0.25) is 0 Å². The molecule has 0 bridgehead atoms. The van der Waals surface area contributed by atoms with Crippen LogP contribution in [-0.2, 0) is 26.9 Å². The Morgan fingerprint density at radius 3 is 2.44 bits per heavy atom. The van der Waals surface area contributed by atoms with Crippen molar-refractivity contribution in [3.63, 3.8) is 0 Å². The molecule has 0 saturated heterocycles. The third-order valence-corrected chi connectivity index (χ3v) is 4.71. The number of carbonyl (C=O) groups is 1. The van der Waals surface area contributed by atoms with E-state index in [-0.39, 0.29) is 18.2 Å². The van der Waals surface area contributed by atoms with Gasteiger partial charge in [-0.2, -0.15) is 0 Å². The standard InChI is InChI=1S/C18H29FN4O3S/c1-6-21-17(23-12-18(2,3)16(24)20-4)22-10-14-9-15(19)8-7-13(14)11-27(5,25)26/h7-9H,6,10-12H2,1-5H3,(H,20,24)(H2,21,22,23).